The molecular formula is C16H31N3O2. The number of likely N-dealkylation sites (N-methyl/N-ethyl adjacent to an activating group) is 2. The fourth-order valence-corrected chi connectivity index (χ4v) is 3.83. The van der Waals surface area contributed by atoms with E-state index in [0.717, 1.165) is 52.2 Å². The van der Waals surface area contributed by atoms with Gasteiger partial charge in [-0.3, -0.25) is 14.6 Å². The minimum Gasteiger partial charge on any atom is -0.378 e. The lowest BCUT2D eigenvalue weighted by Gasteiger charge is -2.47. The summed E-state index contributed by atoms with van der Waals surface area (Å²) >= 11 is 0. The molecule has 0 spiro atoms. The van der Waals surface area contributed by atoms with Gasteiger partial charge in [0.15, 0.2) is 0 Å². The van der Waals surface area contributed by atoms with Crippen molar-refractivity contribution in [3.05, 3.63) is 0 Å². The number of likely N-dealkylation sites (tertiary alicyclic amines) is 1. The molecule has 3 atom stereocenters. The maximum absolute atomic E-state index is 12.3. The quantitative estimate of drug-likeness (QED) is 0.772. The van der Waals surface area contributed by atoms with Crippen LogP contribution in [0.2, 0.25) is 0 Å². The Morgan fingerprint density at radius 1 is 1.14 bits per heavy atom. The first kappa shape index (κ1) is 16.7. The maximum atomic E-state index is 12.3. The summed E-state index contributed by atoms with van der Waals surface area (Å²) in [5.74, 6) is 0.462. The van der Waals surface area contributed by atoms with E-state index in [0.29, 0.717) is 12.1 Å². The Bertz CT molecular complexity index is 348. The van der Waals surface area contributed by atoms with Crippen molar-refractivity contribution in [1.29, 1.82) is 0 Å². The normalized spacial score (nSPS) is 32.1. The number of carbonyl (C=O) groups is 1. The zero-order chi connectivity index (χ0) is 15.4. The largest absolute Gasteiger partial charge is 0.378 e. The number of carbonyl (C=O) groups excluding carboxylic acids is 1. The van der Waals surface area contributed by atoms with Gasteiger partial charge in [-0.25, -0.2) is 0 Å². The van der Waals surface area contributed by atoms with E-state index < -0.39 is 0 Å². The van der Waals surface area contributed by atoms with Gasteiger partial charge in [0, 0.05) is 38.6 Å². The zero-order valence-electron chi connectivity index (χ0n) is 14.0. The molecule has 2 aliphatic rings. The number of hydrogen-bond acceptors (Lipinski definition) is 4. The molecule has 0 saturated carbocycles. The molecule has 2 heterocycles. The summed E-state index contributed by atoms with van der Waals surface area (Å²) in [7, 11) is 3.73. The number of nitrogens with zero attached hydrogens (tertiary/aromatic N) is 3. The lowest BCUT2D eigenvalue weighted by molar-refractivity contribution is -0.136. The van der Waals surface area contributed by atoms with E-state index in [4.69, 9.17) is 4.74 Å². The Labute approximate surface area is 129 Å². The number of rotatable bonds is 4. The minimum atomic E-state index is 0.174. The minimum absolute atomic E-state index is 0.174. The van der Waals surface area contributed by atoms with Gasteiger partial charge < -0.3 is 9.64 Å². The van der Waals surface area contributed by atoms with Gasteiger partial charge in [-0.1, -0.05) is 13.8 Å². The Kier molecular flexibility index (Phi) is 6.02. The van der Waals surface area contributed by atoms with Crippen molar-refractivity contribution >= 4 is 5.91 Å². The van der Waals surface area contributed by atoms with Crippen LogP contribution >= 0.6 is 0 Å². The van der Waals surface area contributed by atoms with Gasteiger partial charge in [-0.2, -0.15) is 0 Å². The first-order valence-electron chi connectivity index (χ1n) is 8.35. The van der Waals surface area contributed by atoms with E-state index >= 15 is 0 Å². The molecule has 1 amide bonds. The highest BCUT2D eigenvalue weighted by atomic mass is 16.5. The van der Waals surface area contributed by atoms with E-state index in [2.05, 4.69) is 23.6 Å². The average Bonchev–Trinajstić information content (AvgIpc) is 2.53. The average molecular weight is 297 g/mol. The zero-order valence-corrected chi connectivity index (χ0v) is 14.0. The smallest absolute Gasteiger partial charge is 0.225 e. The van der Waals surface area contributed by atoms with Crippen LogP contribution in [0, 0.1) is 5.92 Å². The standard InChI is InChI=1S/C16H31N3O2/c1-5-18-8-7-13(16(20)17(3)4)11-14(18)15-12-21-10-9-19(15)6-2/h13-15H,5-12H2,1-4H3. The first-order valence-corrected chi connectivity index (χ1v) is 8.35. The molecule has 0 N–H and O–H groups in total. The van der Waals surface area contributed by atoms with E-state index in [1.54, 1.807) is 4.90 Å². The highest BCUT2D eigenvalue weighted by molar-refractivity contribution is 5.78. The molecule has 2 aliphatic heterocycles. The maximum Gasteiger partial charge on any atom is 0.225 e. The van der Waals surface area contributed by atoms with Crippen molar-refractivity contribution < 1.29 is 9.53 Å². The number of morpholine rings is 1. The third-order valence-corrected chi connectivity index (χ3v) is 5.09. The van der Waals surface area contributed by atoms with Crippen molar-refractivity contribution in [1.82, 2.24) is 14.7 Å². The summed E-state index contributed by atoms with van der Waals surface area (Å²) in [6, 6.07) is 0.874. The summed E-state index contributed by atoms with van der Waals surface area (Å²) in [5, 5.41) is 0. The van der Waals surface area contributed by atoms with Gasteiger partial charge in [0.1, 0.15) is 0 Å². The number of hydrogen-bond donors (Lipinski definition) is 0. The van der Waals surface area contributed by atoms with Gasteiger partial charge >= 0.3 is 0 Å². The predicted octanol–water partition coefficient (Wildman–Crippen LogP) is 0.896. The Balaban J connectivity index is 2.10. The molecule has 5 heteroatoms. The number of amides is 1. The van der Waals surface area contributed by atoms with Gasteiger partial charge in [0.05, 0.1) is 13.2 Å². The summed E-state index contributed by atoms with van der Waals surface area (Å²) < 4.78 is 5.74. The molecule has 0 aromatic rings. The number of piperidine rings is 1. The van der Waals surface area contributed by atoms with Crippen LogP contribution in [0.15, 0.2) is 0 Å². The van der Waals surface area contributed by atoms with Gasteiger partial charge in [0.2, 0.25) is 5.91 Å². The molecule has 122 valence electrons. The third kappa shape index (κ3) is 3.76. The molecule has 2 rings (SSSR count). The molecule has 0 aliphatic carbocycles. The van der Waals surface area contributed by atoms with Gasteiger partial charge in [-0.05, 0) is 32.5 Å². The molecule has 0 aromatic carbocycles. The Morgan fingerprint density at radius 2 is 1.81 bits per heavy atom. The van der Waals surface area contributed by atoms with Crippen molar-refractivity contribution in [2.75, 3.05) is 53.5 Å². The Morgan fingerprint density at radius 3 is 2.43 bits per heavy atom. The summed E-state index contributed by atoms with van der Waals surface area (Å²) in [6.07, 6.45) is 1.95. The first-order chi connectivity index (χ1) is 10.1. The molecule has 2 fully saturated rings. The number of ether oxygens (including phenoxy) is 1. The van der Waals surface area contributed by atoms with Crippen LogP contribution in [0.5, 0.6) is 0 Å². The molecule has 5 nitrogen and oxygen atoms in total. The van der Waals surface area contributed by atoms with E-state index in [9.17, 15) is 4.79 Å². The molecular weight excluding hydrogens is 266 g/mol. The molecule has 0 aromatic heterocycles. The van der Waals surface area contributed by atoms with Gasteiger partial charge in [0.25, 0.3) is 0 Å². The summed E-state index contributed by atoms with van der Waals surface area (Å²) in [5.41, 5.74) is 0. The second kappa shape index (κ2) is 7.56. The molecule has 2 saturated heterocycles. The van der Waals surface area contributed by atoms with Crippen LogP contribution in [0.4, 0.5) is 0 Å². The second-order valence-corrected chi connectivity index (χ2v) is 6.42. The van der Waals surface area contributed by atoms with Crippen LogP contribution in [0.3, 0.4) is 0 Å². The fraction of sp³-hybridized carbons (Fsp3) is 0.938. The fourth-order valence-electron chi connectivity index (χ4n) is 3.83. The highest BCUT2D eigenvalue weighted by Gasteiger charge is 2.39. The second-order valence-electron chi connectivity index (χ2n) is 6.42. The van der Waals surface area contributed by atoms with Crippen molar-refractivity contribution in [2.45, 2.75) is 38.8 Å². The lowest BCUT2D eigenvalue weighted by atomic mass is 9.85. The van der Waals surface area contributed by atoms with E-state index in [1.165, 1.54) is 0 Å². The summed E-state index contributed by atoms with van der Waals surface area (Å²) in [6.45, 7) is 10.2. The van der Waals surface area contributed by atoms with Crippen LogP contribution in [0.1, 0.15) is 26.7 Å². The topological polar surface area (TPSA) is 36.0 Å². The SMILES string of the molecule is CCN1CCOCC1C1CC(C(=O)N(C)C)CCN1CC. The monoisotopic (exact) mass is 297 g/mol. The highest BCUT2D eigenvalue weighted by Crippen LogP contribution is 2.29. The molecule has 21 heavy (non-hydrogen) atoms. The van der Waals surface area contributed by atoms with E-state index in [-0.39, 0.29) is 11.8 Å². The summed E-state index contributed by atoms with van der Waals surface area (Å²) in [4.78, 5) is 19.2. The lowest BCUT2D eigenvalue weighted by Crippen LogP contribution is -2.60. The predicted molar refractivity (Wildman–Crippen MR) is 84.3 cm³/mol. The molecule has 3 unspecified atom stereocenters. The van der Waals surface area contributed by atoms with Gasteiger partial charge in [-0.15, -0.1) is 0 Å². The molecule has 0 radical (unpaired) electrons. The van der Waals surface area contributed by atoms with Crippen molar-refractivity contribution in [3.63, 3.8) is 0 Å². The van der Waals surface area contributed by atoms with Crippen molar-refractivity contribution in [2.24, 2.45) is 5.92 Å². The van der Waals surface area contributed by atoms with Crippen LogP contribution < -0.4 is 0 Å². The van der Waals surface area contributed by atoms with Crippen LogP contribution in [0.25, 0.3) is 0 Å². The third-order valence-electron chi connectivity index (χ3n) is 5.09. The van der Waals surface area contributed by atoms with Crippen LogP contribution in [-0.2, 0) is 9.53 Å². The van der Waals surface area contributed by atoms with E-state index in [1.807, 2.05) is 14.1 Å². The van der Waals surface area contributed by atoms with Crippen LogP contribution in [-0.4, -0.2) is 86.2 Å². The van der Waals surface area contributed by atoms with Crippen molar-refractivity contribution in [3.8, 4) is 0 Å². The Hall–Kier alpha value is -0.650. The molecule has 0 bridgehead atoms.